The van der Waals surface area contributed by atoms with Crippen molar-refractivity contribution in [1.29, 1.82) is 0 Å². The van der Waals surface area contributed by atoms with Crippen molar-refractivity contribution in [2.45, 2.75) is 44.9 Å². The third kappa shape index (κ3) is 2.27. The van der Waals surface area contributed by atoms with E-state index < -0.39 is 0 Å². The van der Waals surface area contributed by atoms with E-state index in [9.17, 15) is 4.79 Å². The van der Waals surface area contributed by atoms with E-state index in [1.165, 1.54) is 36.8 Å². The summed E-state index contributed by atoms with van der Waals surface area (Å²) in [5.74, 6) is 0.618. The molecule has 1 atom stereocenters. The third-order valence-corrected chi connectivity index (χ3v) is 4.31. The summed E-state index contributed by atoms with van der Waals surface area (Å²) in [7, 11) is 0. The molecule has 0 saturated heterocycles. The molecular weight excluding hydrogens is 220 g/mol. The number of hydrogen-bond donors (Lipinski definition) is 0. The highest BCUT2D eigenvalue weighted by atomic mass is 16.1. The maximum atomic E-state index is 12.5. The summed E-state index contributed by atoms with van der Waals surface area (Å²) in [5.41, 5.74) is 3.75. The van der Waals surface area contributed by atoms with Crippen LogP contribution in [0.2, 0.25) is 0 Å². The van der Waals surface area contributed by atoms with E-state index in [0.29, 0.717) is 5.78 Å². The molecular formula is C17H20O. The van der Waals surface area contributed by atoms with Crippen molar-refractivity contribution < 1.29 is 4.79 Å². The Labute approximate surface area is 109 Å². The Morgan fingerprint density at radius 1 is 1.11 bits per heavy atom. The molecule has 0 spiro atoms. The molecule has 0 N–H and O–H groups in total. The molecule has 0 heterocycles. The number of rotatable bonds is 2. The van der Waals surface area contributed by atoms with Gasteiger partial charge in [0.15, 0.2) is 5.78 Å². The smallest absolute Gasteiger partial charge is 0.166 e. The highest BCUT2D eigenvalue weighted by molar-refractivity contribution is 6.00. The van der Waals surface area contributed by atoms with Gasteiger partial charge in [0.2, 0.25) is 0 Å². The Bertz CT molecular complexity index is 484. The van der Waals surface area contributed by atoms with Crippen molar-refractivity contribution in [3.05, 3.63) is 47.0 Å². The predicted molar refractivity (Wildman–Crippen MR) is 73.8 cm³/mol. The fraction of sp³-hybridized carbons (Fsp3) is 0.471. The molecule has 0 fully saturated rings. The molecule has 94 valence electrons. The number of carbonyl (C=O) groups excluding carboxylic acids is 1. The molecule has 2 aliphatic carbocycles. The summed E-state index contributed by atoms with van der Waals surface area (Å²) in [4.78, 5) is 12.5. The monoisotopic (exact) mass is 240 g/mol. The molecule has 0 amide bonds. The standard InChI is InChI=1S/C17H20O/c18-17-15(12-13-6-2-1-3-7-13)11-10-14-8-4-5-9-16(14)17/h4-6,8-9,15H,1-3,7,10-12H2. The van der Waals surface area contributed by atoms with Gasteiger partial charge in [0, 0.05) is 11.5 Å². The van der Waals surface area contributed by atoms with Crippen LogP contribution in [-0.4, -0.2) is 5.78 Å². The first-order chi connectivity index (χ1) is 8.84. The number of hydrogen-bond acceptors (Lipinski definition) is 1. The third-order valence-electron chi connectivity index (χ3n) is 4.31. The summed E-state index contributed by atoms with van der Waals surface area (Å²) < 4.78 is 0. The zero-order valence-corrected chi connectivity index (χ0v) is 10.8. The van der Waals surface area contributed by atoms with E-state index in [1.807, 2.05) is 18.2 Å². The minimum atomic E-state index is 0.240. The van der Waals surface area contributed by atoms with Crippen molar-refractivity contribution in [1.82, 2.24) is 0 Å². The maximum absolute atomic E-state index is 12.5. The van der Waals surface area contributed by atoms with Crippen LogP contribution in [0.5, 0.6) is 0 Å². The van der Waals surface area contributed by atoms with Crippen LogP contribution in [0.3, 0.4) is 0 Å². The molecule has 18 heavy (non-hydrogen) atoms. The minimum absolute atomic E-state index is 0.240. The molecule has 1 heteroatoms. The topological polar surface area (TPSA) is 17.1 Å². The minimum Gasteiger partial charge on any atom is -0.294 e. The maximum Gasteiger partial charge on any atom is 0.166 e. The van der Waals surface area contributed by atoms with Crippen molar-refractivity contribution in [2.75, 3.05) is 0 Å². The summed E-state index contributed by atoms with van der Waals surface area (Å²) in [5, 5.41) is 0. The fourth-order valence-electron chi connectivity index (χ4n) is 3.26. The molecule has 0 bridgehead atoms. The van der Waals surface area contributed by atoms with Crippen molar-refractivity contribution in [3.8, 4) is 0 Å². The Kier molecular flexibility index (Phi) is 3.31. The van der Waals surface area contributed by atoms with Gasteiger partial charge in [-0.15, -0.1) is 0 Å². The molecule has 1 aromatic rings. The molecule has 0 saturated carbocycles. The predicted octanol–water partition coefficient (Wildman–Crippen LogP) is 4.32. The molecule has 0 radical (unpaired) electrons. The van der Waals surface area contributed by atoms with Crippen LogP contribution >= 0.6 is 0 Å². The van der Waals surface area contributed by atoms with Gasteiger partial charge < -0.3 is 0 Å². The summed E-state index contributed by atoms with van der Waals surface area (Å²) >= 11 is 0. The van der Waals surface area contributed by atoms with Gasteiger partial charge >= 0.3 is 0 Å². The molecule has 0 aromatic heterocycles. The number of ketones is 1. The average Bonchev–Trinajstić information content (AvgIpc) is 2.43. The van der Waals surface area contributed by atoms with E-state index in [-0.39, 0.29) is 5.92 Å². The molecule has 0 aliphatic heterocycles. The number of Topliss-reactive ketones (excluding diaryl/α,β-unsaturated/α-hetero) is 1. The number of aryl methyl sites for hydroxylation is 1. The van der Waals surface area contributed by atoms with Gasteiger partial charge in [-0.1, -0.05) is 35.9 Å². The van der Waals surface area contributed by atoms with E-state index >= 15 is 0 Å². The van der Waals surface area contributed by atoms with Gasteiger partial charge in [-0.2, -0.15) is 0 Å². The normalized spacial score (nSPS) is 23.4. The summed E-state index contributed by atoms with van der Waals surface area (Å²) in [6, 6.07) is 8.12. The van der Waals surface area contributed by atoms with E-state index in [4.69, 9.17) is 0 Å². The SMILES string of the molecule is O=C1c2ccccc2CCC1CC1=CCCCC1. The van der Waals surface area contributed by atoms with Gasteiger partial charge in [0.05, 0.1) is 0 Å². The lowest BCUT2D eigenvalue weighted by Crippen LogP contribution is -2.23. The summed E-state index contributed by atoms with van der Waals surface area (Å²) in [6.07, 6.45) is 10.5. The van der Waals surface area contributed by atoms with Crippen LogP contribution in [0.1, 0.15) is 54.4 Å². The fourth-order valence-corrected chi connectivity index (χ4v) is 3.26. The summed E-state index contributed by atoms with van der Waals surface area (Å²) in [6.45, 7) is 0. The number of fused-ring (bicyclic) bond motifs is 1. The molecule has 2 aliphatic rings. The first-order valence-electron chi connectivity index (χ1n) is 7.14. The van der Waals surface area contributed by atoms with E-state index in [1.54, 1.807) is 0 Å². The molecule has 3 rings (SSSR count). The van der Waals surface area contributed by atoms with Crippen LogP contribution in [-0.2, 0) is 6.42 Å². The largest absolute Gasteiger partial charge is 0.294 e. The van der Waals surface area contributed by atoms with Crippen LogP contribution in [0.25, 0.3) is 0 Å². The molecule has 1 nitrogen and oxygen atoms in total. The van der Waals surface area contributed by atoms with Crippen molar-refractivity contribution >= 4 is 5.78 Å². The van der Waals surface area contributed by atoms with E-state index in [0.717, 1.165) is 24.8 Å². The lowest BCUT2D eigenvalue weighted by Gasteiger charge is -2.25. The van der Waals surface area contributed by atoms with E-state index in [2.05, 4.69) is 12.1 Å². The van der Waals surface area contributed by atoms with Gasteiger partial charge in [0.25, 0.3) is 0 Å². The van der Waals surface area contributed by atoms with Gasteiger partial charge in [-0.3, -0.25) is 4.79 Å². The van der Waals surface area contributed by atoms with Gasteiger partial charge in [-0.25, -0.2) is 0 Å². The average molecular weight is 240 g/mol. The highest BCUT2D eigenvalue weighted by Gasteiger charge is 2.27. The van der Waals surface area contributed by atoms with Crippen LogP contribution in [0.4, 0.5) is 0 Å². The molecule has 1 unspecified atom stereocenters. The first-order valence-corrected chi connectivity index (χ1v) is 7.14. The number of benzene rings is 1. The number of allylic oxidation sites excluding steroid dienone is 2. The van der Waals surface area contributed by atoms with Crippen molar-refractivity contribution in [2.24, 2.45) is 5.92 Å². The molecule has 1 aromatic carbocycles. The second kappa shape index (κ2) is 5.09. The van der Waals surface area contributed by atoms with Crippen LogP contribution in [0, 0.1) is 5.92 Å². The lowest BCUT2D eigenvalue weighted by molar-refractivity contribution is 0.0900. The number of carbonyl (C=O) groups is 1. The second-order valence-corrected chi connectivity index (χ2v) is 5.57. The Morgan fingerprint density at radius 2 is 2.00 bits per heavy atom. The Balaban J connectivity index is 1.76. The Hall–Kier alpha value is -1.37. The van der Waals surface area contributed by atoms with Crippen LogP contribution in [0.15, 0.2) is 35.9 Å². The second-order valence-electron chi connectivity index (χ2n) is 5.57. The highest BCUT2D eigenvalue weighted by Crippen LogP contribution is 2.32. The lowest BCUT2D eigenvalue weighted by atomic mass is 9.78. The van der Waals surface area contributed by atoms with Crippen LogP contribution < -0.4 is 0 Å². The zero-order chi connectivity index (χ0) is 12.4. The quantitative estimate of drug-likeness (QED) is 0.703. The van der Waals surface area contributed by atoms with Gasteiger partial charge in [-0.05, 0) is 50.5 Å². The first kappa shape index (κ1) is 11.7. The van der Waals surface area contributed by atoms with Crippen molar-refractivity contribution in [3.63, 3.8) is 0 Å². The zero-order valence-electron chi connectivity index (χ0n) is 10.8. The van der Waals surface area contributed by atoms with Gasteiger partial charge in [0.1, 0.15) is 0 Å². The Morgan fingerprint density at radius 3 is 2.83 bits per heavy atom.